The number of amides is 1. The lowest BCUT2D eigenvalue weighted by molar-refractivity contribution is -0.159. The number of benzene rings is 2. The largest absolute Gasteiger partial charge is 0.494 e. The molecule has 166 valence electrons. The van der Waals surface area contributed by atoms with Crippen molar-refractivity contribution < 1.29 is 29.3 Å². The predicted molar refractivity (Wildman–Crippen MR) is 115 cm³/mol. The second-order valence-electron chi connectivity index (χ2n) is 7.01. The number of hydrogen-bond donors (Lipinski definition) is 2. The van der Waals surface area contributed by atoms with Crippen LogP contribution in [0.5, 0.6) is 5.75 Å². The smallest absolute Gasteiger partial charge is 0.414 e. The third-order valence-corrected chi connectivity index (χ3v) is 4.75. The van der Waals surface area contributed by atoms with Crippen LogP contribution in [-0.4, -0.2) is 70.6 Å². The van der Waals surface area contributed by atoms with Crippen LogP contribution in [0.1, 0.15) is 18.1 Å². The van der Waals surface area contributed by atoms with Gasteiger partial charge in [0.2, 0.25) is 5.91 Å². The number of ether oxygens (including phenoxy) is 1. The molecule has 0 spiro atoms. The molecular weight excluding hydrogens is 400 g/mol. The van der Waals surface area contributed by atoms with Gasteiger partial charge in [0.05, 0.1) is 13.0 Å². The van der Waals surface area contributed by atoms with Crippen molar-refractivity contribution in [1.82, 2.24) is 9.80 Å². The van der Waals surface area contributed by atoms with Gasteiger partial charge in [0.1, 0.15) is 5.75 Å². The van der Waals surface area contributed by atoms with Crippen molar-refractivity contribution in [2.45, 2.75) is 19.9 Å². The Morgan fingerprint density at radius 1 is 0.839 bits per heavy atom. The highest BCUT2D eigenvalue weighted by atomic mass is 16.5. The Labute approximate surface area is 181 Å². The minimum Gasteiger partial charge on any atom is -0.494 e. The van der Waals surface area contributed by atoms with Crippen LogP contribution in [0.3, 0.4) is 0 Å². The first-order valence-corrected chi connectivity index (χ1v) is 10.1. The number of carboxylic acid groups (broad SMARTS) is 2. The van der Waals surface area contributed by atoms with Gasteiger partial charge < -0.3 is 19.8 Å². The second kappa shape index (κ2) is 12.3. The molecule has 8 nitrogen and oxygen atoms in total. The summed E-state index contributed by atoms with van der Waals surface area (Å²) < 4.78 is 5.48. The third kappa shape index (κ3) is 8.47. The van der Waals surface area contributed by atoms with E-state index in [1.165, 1.54) is 5.56 Å². The SMILES string of the molecule is CCOc1ccc(CN2CCN(C(=O)Cc3ccccc3)CC2)cc1.O=C(O)C(=O)O. The molecule has 3 rings (SSSR count). The summed E-state index contributed by atoms with van der Waals surface area (Å²) in [5.41, 5.74) is 2.37. The van der Waals surface area contributed by atoms with Crippen LogP contribution >= 0.6 is 0 Å². The van der Waals surface area contributed by atoms with Crippen molar-refractivity contribution >= 4 is 17.8 Å². The van der Waals surface area contributed by atoms with E-state index in [2.05, 4.69) is 17.0 Å². The highest BCUT2D eigenvalue weighted by Crippen LogP contribution is 2.15. The minimum atomic E-state index is -1.82. The standard InChI is InChI=1S/C21H26N2O2.C2H2O4/c1-2-25-20-10-8-19(9-11-20)17-22-12-14-23(15-13-22)21(24)16-18-6-4-3-5-7-18;3-1(4)2(5)6/h3-11H,2,12-17H2,1H3;(H,3,4)(H,5,6). The van der Waals surface area contributed by atoms with E-state index in [-0.39, 0.29) is 5.91 Å². The van der Waals surface area contributed by atoms with Crippen molar-refractivity contribution in [2.24, 2.45) is 0 Å². The first-order chi connectivity index (χ1) is 14.9. The zero-order valence-electron chi connectivity index (χ0n) is 17.6. The number of nitrogens with zero attached hydrogens (tertiary/aromatic N) is 2. The number of carboxylic acids is 2. The van der Waals surface area contributed by atoms with E-state index in [1.54, 1.807) is 0 Å². The molecule has 31 heavy (non-hydrogen) atoms. The number of aliphatic carboxylic acids is 2. The topological polar surface area (TPSA) is 107 Å². The Kier molecular flexibility index (Phi) is 9.51. The molecule has 2 N–H and O–H groups in total. The summed E-state index contributed by atoms with van der Waals surface area (Å²) in [7, 11) is 0. The zero-order chi connectivity index (χ0) is 22.6. The van der Waals surface area contributed by atoms with Gasteiger partial charge in [0.15, 0.2) is 0 Å². The second-order valence-corrected chi connectivity index (χ2v) is 7.01. The number of carbonyl (C=O) groups excluding carboxylic acids is 1. The number of carbonyl (C=O) groups is 3. The summed E-state index contributed by atoms with van der Waals surface area (Å²) in [6, 6.07) is 18.3. The highest BCUT2D eigenvalue weighted by Gasteiger charge is 2.21. The van der Waals surface area contributed by atoms with Crippen LogP contribution in [0.4, 0.5) is 0 Å². The van der Waals surface area contributed by atoms with E-state index in [0.29, 0.717) is 13.0 Å². The fraction of sp³-hybridized carbons (Fsp3) is 0.348. The summed E-state index contributed by atoms with van der Waals surface area (Å²) in [4.78, 5) is 35.0. The van der Waals surface area contributed by atoms with E-state index < -0.39 is 11.9 Å². The Balaban J connectivity index is 0.000000501. The fourth-order valence-electron chi connectivity index (χ4n) is 3.15. The van der Waals surface area contributed by atoms with Crippen LogP contribution in [0.25, 0.3) is 0 Å². The van der Waals surface area contributed by atoms with Crippen molar-refractivity contribution in [3.05, 3.63) is 65.7 Å². The molecule has 0 aliphatic carbocycles. The molecule has 0 atom stereocenters. The molecule has 1 amide bonds. The van der Waals surface area contributed by atoms with Gasteiger partial charge in [0.25, 0.3) is 0 Å². The van der Waals surface area contributed by atoms with Gasteiger partial charge in [0, 0.05) is 32.7 Å². The fourth-order valence-corrected chi connectivity index (χ4v) is 3.15. The highest BCUT2D eigenvalue weighted by molar-refractivity contribution is 6.27. The maximum absolute atomic E-state index is 12.4. The first kappa shape index (κ1) is 23.9. The Bertz CT molecular complexity index is 834. The summed E-state index contributed by atoms with van der Waals surface area (Å²) >= 11 is 0. The predicted octanol–water partition coefficient (Wildman–Crippen LogP) is 2.13. The Morgan fingerprint density at radius 2 is 1.42 bits per heavy atom. The maximum atomic E-state index is 12.4. The van der Waals surface area contributed by atoms with Crippen molar-refractivity contribution in [2.75, 3.05) is 32.8 Å². The molecule has 2 aromatic rings. The average molecular weight is 428 g/mol. The molecule has 1 aliphatic heterocycles. The molecule has 0 bridgehead atoms. The normalized spacial score (nSPS) is 13.6. The van der Waals surface area contributed by atoms with E-state index in [1.807, 2.05) is 54.3 Å². The van der Waals surface area contributed by atoms with Gasteiger partial charge in [-0.25, -0.2) is 9.59 Å². The molecular formula is C23H28N2O6. The molecule has 0 saturated carbocycles. The van der Waals surface area contributed by atoms with E-state index in [9.17, 15) is 4.79 Å². The zero-order valence-corrected chi connectivity index (χ0v) is 17.6. The first-order valence-electron chi connectivity index (χ1n) is 10.1. The van der Waals surface area contributed by atoms with E-state index in [4.69, 9.17) is 24.5 Å². The molecule has 0 unspecified atom stereocenters. The van der Waals surface area contributed by atoms with Crippen LogP contribution in [0, 0.1) is 0 Å². The van der Waals surface area contributed by atoms with Gasteiger partial charge in [-0.1, -0.05) is 42.5 Å². The van der Waals surface area contributed by atoms with Gasteiger partial charge in [-0.15, -0.1) is 0 Å². The van der Waals surface area contributed by atoms with Crippen LogP contribution < -0.4 is 4.74 Å². The minimum absolute atomic E-state index is 0.229. The van der Waals surface area contributed by atoms with E-state index >= 15 is 0 Å². The van der Waals surface area contributed by atoms with Crippen LogP contribution in [0.2, 0.25) is 0 Å². The average Bonchev–Trinajstić information content (AvgIpc) is 2.77. The lowest BCUT2D eigenvalue weighted by Crippen LogP contribution is -2.48. The number of rotatable bonds is 6. The van der Waals surface area contributed by atoms with Crippen molar-refractivity contribution in [1.29, 1.82) is 0 Å². The van der Waals surface area contributed by atoms with E-state index in [0.717, 1.165) is 44.0 Å². The number of hydrogen-bond acceptors (Lipinski definition) is 5. The molecule has 2 aromatic carbocycles. The maximum Gasteiger partial charge on any atom is 0.414 e. The summed E-state index contributed by atoms with van der Waals surface area (Å²) in [5, 5.41) is 14.8. The van der Waals surface area contributed by atoms with Gasteiger partial charge >= 0.3 is 11.9 Å². The Hall–Kier alpha value is -3.39. The quantitative estimate of drug-likeness (QED) is 0.679. The molecule has 1 saturated heterocycles. The molecule has 8 heteroatoms. The van der Waals surface area contributed by atoms with Crippen LogP contribution in [0.15, 0.2) is 54.6 Å². The monoisotopic (exact) mass is 428 g/mol. The summed E-state index contributed by atoms with van der Waals surface area (Å²) in [6.07, 6.45) is 0.500. The molecule has 1 heterocycles. The number of piperazine rings is 1. The summed E-state index contributed by atoms with van der Waals surface area (Å²) in [5.74, 6) is -2.50. The molecule has 1 aliphatic rings. The lowest BCUT2D eigenvalue weighted by atomic mass is 10.1. The lowest BCUT2D eigenvalue weighted by Gasteiger charge is -2.34. The van der Waals surface area contributed by atoms with Gasteiger partial charge in [-0.3, -0.25) is 9.69 Å². The van der Waals surface area contributed by atoms with Crippen molar-refractivity contribution in [3.63, 3.8) is 0 Å². The van der Waals surface area contributed by atoms with Gasteiger partial charge in [-0.2, -0.15) is 0 Å². The molecule has 0 radical (unpaired) electrons. The summed E-state index contributed by atoms with van der Waals surface area (Å²) in [6.45, 7) is 7.07. The Morgan fingerprint density at radius 3 is 1.94 bits per heavy atom. The van der Waals surface area contributed by atoms with Crippen molar-refractivity contribution in [3.8, 4) is 5.75 Å². The third-order valence-electron chi connectivity index (χ3n) is 4.75. The van der Waals surface area contributed by atoms with Gasteiger partial charge in [-0.05, 0) is 30.2 Å². The molecule has 0 aromatic heterocycles. The van der Waals surface area contributed by atoms with Crippen LogP contribution in [-0.2, 0) is 27.3 Å². The molecule has 1 fully saturated rings.